The van der Waals surface area contributed by atoms with Crippen LogP contribution in [-0.2, 0) is 30.8 Å². The van der Waals surface area contributed by atoms with Gasteiger partial charge in [0.1, 0.15) is 35.6 Å². The normalized spacial score (nSPS) is 24.5. The molecule has 0 radical (unpaired) electrons. The van der Waals surface area contributed by atoms with Gasteiger partial charge >= 0.3 is 0 Å². The number of amides is 1. The number of para-hydroxylation sites is 1. The quantitative estimate of drug-likeness (QED) is 0.0768. The maximum atomic E-state index is 15.4. The topological polar surface area (TPSA) is 215 Å². The smallest absolute Gasteiger partial charge is 0.297 e. The van der Waals surface area contributed by atoms with E-state index in [0.29, 0.717) is 67.4 Å². The molecule has 6 aromatic rings. The molecule has 1 saturated carbocycles. The highest BCUT2D eigenvalue weighted by atomic mass is 32.2. The van der Waals surface area contributed by atoms with Gasteiger partial charge in [-0.3, -0.25) is 24.7 Å². The van der Waals surface area contributed by atoms with Crippen molar-refractivity contribution in [1.82, 2.24) is 24.5 Å². The summed E-state index contributed by atoms with van der Waals surface area (Å²) < 4.78 is 83.4. The fourth-order valence-electron chi connectivity index (χ4n) is 14.9. The lowest BCUT2D eigenvalue weighted by molar-refractivity contribution is -0.384. The second kappa shape index (κ2) is 22.3. The van der Waals surface area contributed by atoms with Crippen LogP contribution in [0.15, 0.2) is 90.0 Å². The number of rotatable bonds is 12. The number of nitro groups is 1. The first kappa shape index (κ1) is 55.8. The summed E-state index contributed by atoms with van der Waals surface area (Å²) in [6.07, 6.45) is 7.41. The van der Waals surface area contributed by atoms with Gasteiger partial charge < -0.3 is 48.5 Å². The number of pyridine rings is 1. The Morgan fingerprint density at radius 3 is 2.52 bits per heavy atom. The molecule has 5 fully saturated rings. The van der Waals surface area contributed by atoms with Gasteiger partial charge in [-0.1, -0.05) is 24.3 Å². The number of aryl methyl sites for hydroxylation is 1. The molecule has 14 rings (SSSR count). The van der Waals surface area contributed by atoms with Crippen molar-refractivity contribution in [3.63, 3.8) is 0 Å². The van der Waals surface area contributed by atoms with E-state index in [2.05, 4.69) is 72.7 Å². The number of aromatic amines is 1. The Morgan fingerprint density at radius 1 is 0.894 bits per heavy atom. The van der Waals surface area contributed by atoms with Crippen molar-refractivity contribution in [3.05, 3.63) is 129 Å². The van der Waals surface area contributed by atoms with Crippen LogP contribution >= 0.6 is 0 Å². The Labute approximate surface area is 493 Å². The largest absolute Gasteiger partial charge is 0.491 e. The Morgan fingerprint density at radius 2 is 1.71 bits per heavy atom. The first-order chi connectivity index (χ1) is 41.2. The van der Waals surface area contributed by atoms with E-state index < -0.39 is 37.5 Å². The first-order valence-corrected chi connectivity index (χ1v) is 31.5. The van der Waals surface area contributed by atoms with Gasteiger partial charge in [0.05, 0.1) is 71.2 Å². The van der Waals surface area contributed by atoms with Crippen LogP contribution in [0.4, 0.5) is 32.8 Å². The number of nitro benzene ring substituents is 1. The molecule has 9 heterocycles. The van der Waals surface area contributed by atoms with Gasteiger partial charge in [-0.05, 0) is 131 Å². The Hall–Kier alpha value is -7.08. The molecule has 3 N–H and O–H groups in total. The molecule has 1 spiro atoms. The maximum Gasteiger partial charge on any atom is 0.297 e. The summed E-state index contributed by atoms with van der Waals surface area (Å²) in [5, 5.41) is 16.7. The molecule has 20 nitrogen and oxygen atoms in total. The molecule has 1 amide bonds. The maximum absolute atomic E-state index is 15.4. The van der Waals surface area contributed by atoms with Gasteiger partial charge in [0.15, 0.2) is 11.4 Å². The number of hydrogen-bond acceptors (Lipinski definition) is 17. The number of H-pyrrole nitrogens is 1. The summed E-state index contributed by atoms with van der Waals surface area (Å²) in [5.74, 6) is 0.287. The van der Waals surface area contributed by atoms with Crippen molar-refractivity contribution in [2.24, 2.45) is 11.3 Å². The minimum Gasteiger partial charge on any atom is -0.491 e. The highest BCUT2D eigenvalue weighted by Gasteiger charge is 2.51. The monoisotopic (exact) mass is 1180 g/mol. The average Bonchev–Trinajstić information content (AvgIpc) is 2.79. The molecule has 0 bridgehead atoms. The molecule has 5 atom stereocenters. The molecule has 22 heteroatoms. The van der Waals surface area contributed by atoms with Crippen molar-refractivity contribution in [2.45, 2.75) is 120 Å². The minimum absolute atomic E-state index is 0.00351. The molecule has 85 heavy (non-hydrogen) atoms. The number of halogens is 1. The second-order valence-electron chi connectivity index (χ2n) is 24.8. The fourth-order valence-corrected chi connectivity index (χ4v) is 15.9. The summed E-state index contributed by atoms with van der Waals surface area (Å²) >= 11 is 0. The number of carbonyl (C=O) groups excluding carboxylic acids is 1. The lowest BCUT2D eigenvalue weighted by atomic mass is 9.59. The van der Waals surface area contributed by atoms with E-state index in [9.17, 15) is 23.3 Å². The van der Waals surface area contributed by atoms with Crippen molar-refractivity contribution < 1.29 is 50.9 Å². The minimum atomic E-state index is -4.73. The van der Waals surface area contributed by atoms with Gasteiger partial charge in [-0.2, -0.15) is 4.98 Å². The summed E-state index contributed by atoms with van der Waals surface area (Å²) in [4.78, 5) is 44.2. The van der Waals surface area contributed by atoms with Crippen LogP contribution in [-0.4, -0.2) is 142 Å². The van der Waals surface area contributed by atoms with Crippen LogP contribution in [0.1, 0.15) is 103 Å². The number of nitrogens with one attached hydrogen (secondary N) is 3. The first-order valence-electron chi connectivity index (χ1n) is 30.1. The van der Waals surface area contributed by atoms with Crippen LogP contribution < -0.4 is 34.0 Å². The molecular weight excluding hydrogens is 1110 g/mol. The number of piperazine rings is 1. The summed E-state index contributed by atoms with van der Waals surface area (Å²) in [6, 6.07) is 23.6. The number of anilines is 4. The van der Waals surface area contributed by atoms with Crippen LogP contribution in [0.25, 0.3) is 11.0 Å². The van der Waals surface area contributed by atoms with E-state index in [4.69, 9.17) is 33.4 Å². The van der Waals surface area contributed by atoms with Crippen molar-refractivity contribution in [1.29, 1.82) is 0 Å². The zero-order chi connectivity index (χ0) is 58.3. The van der Waals surface area contributed by atoms with Crippen LogP contribution in [0.2, 0.25) is 0 Å². The summed E-state index contributed by atoms with van der Waals surface area (Å²) in [6.45, 7) is 12.8. The number of carbonyl (C=O) groups is 1. The molecule has 8 aliphatic rings. The number of fused-ring (bicyclic) bond motifs is 5. The lowest BCUT2D eigenvalue weighted by Gasteiger charge is -2.58. The van der Waals surface area contributed by atoms with Gasteiger partial charge in [0.2, 0.25) is 5.88 Å². The van der Waals surface area contributed by atoms with E-state index in [-0.39, 0.29) is 84.2 Å². The van der Waals surface area contributed by atoms with E-state index in [0.717, 1.165) is 111 Å². The van der Waals surface area contributed by atoms with E-state index in [1.807, 2.05) is 37.3 Å². The SMILES string of the molecule is Cc1cc(F)c2c(c1)[C@H](N1CCN(C3CC4(CCN(c5ccc(C(=O)NS(=O)(=O)c6cc7c(c([N+](=O)[O-])c6)N[C@H](C6CCOCC6)CO7)c(N6c7cc8cc[nH]c8nc7O[C@H]7COCC[C@@H]76)c5)CC4)C3)[C@H](c3ccccc3OC(C)C)C1)COC2. The number of aromatic nitrogens is 2. The predicted octanol–water partition coefficient (Wildman–Crippen LogP) is 9.49. The summed E-state index contributed by atoms with van der Waals surface area (Å²) in [7, 11) is -4.73. The zero-order valence-corrected chi connectivity index (χ0v) is 48.9. The Bertz CT molecular complexity index is 3680. The number of ether oxygens (including phenoxy) is 6. The Balaban J connectivity index is 0.740. The third-order valence-electron chi connectivity index (χ3n) is 19.2. The van der Waals surface area contributed by atoms with Gasteiger partial charge in [0.25, 0.3) is 21.6 Å². The van der Waals surface area contributed by atoms with Crippen LogP contribution in [0.3, 0.4) is 0 Å². The number of hydrogen-bond donors (Lipinski definition) is 3. The van der Waals surface area contributed by atoms with Crippen molar-refractivity contribution in [2.75, 3.05) is 87.5 Å². The number of benzene rings is 4. The van der Waals surface area contributed by atoms with Crippen molar-refractivity contribution in [3.8, 4) is 17.4 Å². The second-order valence-corrected chi connectivity index (χ2v) is 26.4. The highest BCUT2D eigenvalue weighted by Crippen LogP contribution is 2.55. The van der Waals surface area contributed by atoms with Gasteiger partial charge in [-0.15, -0.1) is 0 Å². The number of piperidine rings is 1. The predicted molar refractivity (Wildman–Crippen MR) is 316 cm³/mol. The van der Waals surface area contributed by atoms with Crippen LogP contribution in [0.5, 0.6) is 17.4 Å². The molecule has 448 valence electrons. The van der Waals surface area contributed by atoms with E-state index >= 15 is 4.39 Å². The van der Waals surface area contributed by atoms with Gasteiger partial charge in [0, 0.05) is 99.1 Å². The zero-order valence-electron chi connectivity index (χ0n) is 48.1. The molecule has 2 aromatic heterocycles. The van der Waals surface area contributed by atoms with Crippen LogP contribution in [0, 0.1) is 34.2 Å². The van der Waals surface area contributed by atoms with Gasteiger partial charge in [-0.25, -0.2) is 17.5 Å². The highest BCUT2D eigenvalue weighted by molar-refractivity contribution is 7.90. The molecule has 7 aliphatic heterocycles. The average molecular weight is 1180 g/mol. The van der Waals surface area contributed by atoms with E-state index in [1.165, 1.54) is 6.07 Å². The van der Waals surface area contributed by atoms with Crippen molar-refractivity contribution >= 4 is 55.4 Å². The Kier molecular flexibility index (Phi) is 14.6. The number of nitrogens with zero attached hydrogens (tertiary/aromatic N) is 6. The third kappa shape index (κ3) is 10.5. The summed E-state index contributed by atoms with van der Waals surface area (Å²) in [5.41, 5.74) is 6.17. The molecule has 1 aliphatic carbocycles. The standard InChI is InChI=1S/C63H72FN9O11S/c1-37(2)83-56-7-5-4-6-44(56)54-32-70(55-35-81-33-47-46(55)24-38(3)25-48(47)64)19-20-71(54)42-30-63(31-42)14-17-69(18-15-63)41-8-9-45(51(27-41)72-50-13-23-80-36-58(50)84-62-53(72)26-40-10-16-65-60(40)67-62)61(74)68-85(77,78)43-28-52(73(75)76)59-57(29-43)82-34-49(66-59)39-11-21-79-22-12-39/h4-10,16,24-29,37,39,42,49-50,54-55,58,66H,11-15,17-23,30-36H2,1-3H3,(H,65,67)(H,68,74)/t49-,50-,54-,55+,58-/m0/s1. The molecular formula is C63H72FN9O11S. The lowest BCUT2D eigenvalue weighted by Crippen LogP contribution is -2.60. The molecule has 4 saturated heterocycles. The molecule has 0 unspecified atom stereocenters. The van der Waals surface area contributed by atoms with E-state index in [1.54, 1.807) is 18.3 Å². The fraction of sp³-hybridized carbons (Fsp3) is 0.492. The third-order valence-corrected chi connectivity index (χ3v) is 20.6. The molecule has 4 aromatic carbocycles. The number of sulfonamides is 1.